The van der Waals surface area contributed by atoms with E-state index in [0.717, 1.165) is 5.56 Å². The quantitative estimate of drug-likeness (QED) is 0.756. The van der Waals surface area contributed by atoms with Gasteiger partial charge in [0, 0.05) is 6.54 Å². The number of carbonyl (C=O) groups excluding carboxylic acids is 1. The van der Waals surface area contributed by atoms with E-state index in [-0.39, 0.29) is 17.8 Å². The molecule has 0 amide bonds. The van der Waals surface area contributed by atoms with Gasteiger partial charge in [-0.15, -0.1) is 0 Å². The number of ketones is 1. The molecule has 1 saturated heterocycles. The van der Waals surface area contributed by atoms with E-state index >= 15 is 0 Å². The second-order valence-corrected chi connectivity index (χ2v) is 4.01. The van der Waals surface area contributed by atoms with Crippen LogP contribution in [0.1, 0.15) is 11.5 Å². The van der Waals surface area contributed by atoms with Gasteiger partial charge in [-0.05, 0) is 5.56 Å². The molecule has 16 heavy (non-hydrogen) atoms. The Morgan fingerprint density at radius 1 is 1.38 bits per heavy atom. The van der Waals surface area contributed by atoms with E-state index in [1.165, 1.54) is 0 Å². The summed E-state index contributed by atoms with van der Waals surface area (Å²) in [5.41, 5.74) is 4.63. The van der Waals surface area contributed by atoms with Crippen LogP contribution in [-0.2, 0) is 9.53 Å². The molecule has 2 aliphatic rings. The molecule has 1 aromatic rings. The Hall–Kier alpha value is -1.68. The number of Topliss-reactive ketones (excluding diaryl/α,β-unsaturated/α-hetero) is 1. The third-order valence-electron chi connectivity index (χ3n) is 2.91. The summed E-state index contributed by atoms with van der Waals surface area (Å²) in [5.74, 6) is 0.0942. The minimum absolute atomic E-state index is 0.0267. The Labute approximate surface area is 93.3 Å². The van der Waals surface area contributed by atoms with Crippen molar-refractivity contribution in [3.05, 3.63) is 35.9 Å². The fourth-order valence-corrected chi connectivity index (χ4v) is 1.95. The summed E-state index contributed by atoms with van der Waals surface area (Å²) in [6, 6.07) is 9.96. The third-order valence-corrected chi connectivity index (χ3v) is 2.91. The average Bonchev–Trinajstić information content (AvgIpc) is 3.06. The lowest BCUT2D eigenvalue weighted by atomic mass is 9.92. The highest BCUT2D eigenvalue weighted by atomic mass is 16.6. The molecule has 4 heteroatoms. The molecule has 4 nitrogen and oxygen atoms in total. The van der Waals surface area contributed by atoms with Crippen LogP contribution in [0.25, 0.3) is 0 Å². The Kier molecular flexibility index (Phi) is 2.22. The van der Waals surface area contributed by atoms with E-state index in [2.05, 4.69) is 10.5 Å². The smallest absolute Gasteiger partial charge is 0.210 e. The second kappa shape index (κ2) is 3.72. The van der Waals surface area contributed by atoms with Crippen molar-refractivity contribution in [2.75, 3.05) is 13.2 Å². The van der Waals surface area contributed by atoms with Crippen LogP contribution in [0.5, 0.6) is 0 Å². The molecule has 0 aliphatic carbocycles. The molecule has 0 radical (unpaired) electrons. The van der Waals surface area contributed by atoms with Crippen LogP contribution < -0.4 is 5.43 Å². The van der Waals surface area contributed by atoms with Crippen molar-refractivity contribution in [1.82, 2.24) is 5.43 Å². The number of hydrazone groups is 1. The molecule has 2 aliphatic heterocycles. The standard InChI is InChI=1S/C12H12N2O2/c15-12(10-7-16-10)11-9(6-13-14-11)8-4-2-1-3-5-8/h1-5,9-10,13H,6-7H2/t9-,10-/m1/s1. The van der Waals surface area contributed by atoms with Crippen LogP contribution in [-0.4, -0.2) is 30.8 Å². The summed E-state index contributed by atoms with van der Waals surface area (Å²) in [4.78, 5) is 11.9. The maximum Gasteiger partial charge on any atom is 0.210 e. The summed E-state index contributed by atoms with van der Waals surface area (Å²) >= 11 is 0. The van der Waals surface area contributed by atoms with Crippen molar-refractivity contribution >= 4 is 11.5 Å². The van der Waals surface area contributed by atoms with Crippen LogP contribution in [0.2, 0.25) is 0 Å². The zero-order valence-corrected chi connectivity index (χ0v) is 8.72. The number of nitrogens with one attached hydrogen (secondary N) is 1. The first-order chi connectivity index (χ1) is 7.86. The van der Waals surface area contributed by atoms with Gasteiger partial charge in [0.1, 0.15) is 11.8 Å². The molecule has 2 heterocycles. The van der Waals surface area contributed by atoms with Crippen molar-refractivity contribution in [3.8, 4) is 0 Å². The molecule has 0 bridgehead atoms. The van der Waals surface area contributed by atoms with E-state index in [1.807, 2.05) is 30.3 Å². The number of benzene rings is 1. The number of nitrogens with zero attached hydrogens (tertiary/aromatic N) is 1. The van der Waals surface area contributed by atoms with Crippen LogP contribution >= 0.6 is 0 Å². The van der Waals surface area contributed by atoms with Crippen molar-refractivity contribution in [2.24, 2.45) is 5.10 Å². The zero-order valence-electron chi connectivity index (χ0n) is 8.72. The molecule has 82 valence electrons. The number of rotatable bonds is 3. The lowest BCUT2D eigenvalue weighted by molar-refractivity contribution is -0.114. The summed E-state index contributed by atoms with van der Waals surface area (Å²) in [6.45, 7) is 1.23. The van der Waals surface area contributed by atoms with Gasteiger partial charge in [-0.1, -0.05) is 30.3 Å². The molecule has 0 saturated carbocycles. The maximum absolute atomic E-state index is 11.9. The monoisotopic (exact) mass is 216 g/mol. The van der Waals surface area contributed by atoms with Gasteiger partial charge in [-0.25, -0.2) is 0 Å². The van der Waals surface area contributed by atoms with Crippen molar-refractivity contribution in [2.45, 2.75) is 12.0 Å². The average molecular weight is 216 g/mol. The first-order valence-electron chi connectivity index (χ1n) is 5.37. The number of epoxide rings is 1. The van der Waals surface area contributed by atoms with Crippen LogP contribution in [0.15, 0.2) is 35.4 Å². The Balaban J connectivity index is 1.86. The molecule has 0 aromatic heterocycles. The van der Waals surface area contributed by atoms with E-state index in [1.54, 1.807) is 0 Å². The van der Waals surface area contributed by atoms with Gasteiger partial charge in [0.05, 0.1) is 12.5 Å². The predicted octanol–water partition coefficient (Wildman–Crippen LogP) is 0.697. The highest BCUT2D eigenvalue weighted by Crippen LogP contribution is 2.24. The van der Waals surface area contributed by atoms with E-state index in [9.17, 15) is 4.79 Å². The van der Waals surface area contributed by atoms with Crippen LogP contribution in [0, 0.1) is 0 Å². The predicted molar refractivity (Wildman–Crippen MR) is 59.4 cm³/mol. The minimum Gasteiger partial charge on any atom is -0.364 e. The largest absolute Gasteiger partial charge is 0.364 e. The molecular formula is C12H12N2O2. The second-order valence-electron chi connectivity index (χ2n) is 4.01. The topological polar surface area (TPSA) is 54.0 Å². The number of ether oxygens (including phenoxy) is 1. The van der Waals surface area contributed by atoms with Gasteiger partial charge in [0.2, 0.25) is 5.78 Å². The summed E-state index contributed by atoms with van der Waals surface area (Å²) in [5, 5.41) is 4.09. The Morgan fingerprint density at radius 2 is 2.12 bits per heavy atom. The van der Waals surface area contributed by atoms with Gasteiger partial charge >= 0.3 is 0 Å². The van der Waals surface area contributed by atoms with E-state index in [4.69, 9.17) is 4.74 Å². The van der Waals surface area contributed by atoms with Crippen molar-refractivity contribution < 1.29 is 9.53 Å². The minimum atomic E-state index is -0.245. The molecule has 1 aromatic carbocycles. The lowest BCUT2D eigenvalue weighted by Crippen LogP contribution is -2.25. The molecule has 1 N–H and O–H groups in total. The zero-order chi connectivity index (χ0) is 11.0. The molecule has 1 fully saturated rings. The fraction of sp³-hybridized carbons (Fsp3) is 0.333. The van der Waals surface area contributed by atoms with Gasteiger partial charge in [0.15, 0.2) is 0 Å². The normalized spacial score (nSPS) is 27.1. The first kappa shape index (κ1) is 9.54. The van der Waals surface area contributed by atoms with E-state index < -0.39 is 0 Å². The number of hydrogen-bond donors (Lipinski definition) is 1. The fourth-order valence-electron chi connectivity index (χ4n) is 1.95. The summed E-state index contributed by atoms with van der Waals surface area (Å²) < 4.78 is 5.01. The van der Waals surface area contributed by atoms with Crippen LogP contribution in [0.3, 0.4) is 0 Å². The maximum atomic E-state index is 11.9. The molecule has 2 atom stereocenters. The Morgan fingerprint density at radius 3 is 2.81 bits per heavy atom. The highest BCUT2D eigenvalue weighted by molar-refractivity contribution is 6.44. The highest BCUT2D eigenvalue weighted by Gasteiger charge is 2.39. The van der Waals surface area contributed by atoms with Gasteiger partial charge < -0.3 is 10.2 Å². The Bertz CT molecular complexity index is 438. The first-order valence-corrected chi connectivity index (χ1v) is 5.37. The van der Waals surface area contributed by atoms with Crippen molar-refractivity contribution in [1.29, 1.82) is 0 Å². The van der Waals surface area contributed by atoms with Crippen LogP contribution in [0.4, 0.5) is 0 Å². The molecule has 3 rings (SSSR count). The third kappa shape index (κ3) is 1.61. The van der Waals surface area contributed by atoms with Gasteiger partial charge in [0.25, 0.3) is 0 Å². The lowest BCUT2D eigenvalue weighted by Gasteiger charge is -2.10. The number of hydrogen-bond acceptors (Lipinski definition) is 4. The molecular weight excluding hydrogens is 204 g/mol. The van der Waals surface area contributed by atoms with Gasteiger partial charge in [-0.2, -0.15) is 5.10 Å². The SMILES string of the molecule is O=C(C1=NNC[C@@H]1c1ccccc1)[C@H]1CO1. The molecule has 0 unspecified atom stereocenters. The van der Waals surface area contributed by atoms with E-state index in [0.29, 0.717) is 18.9 Å². The van der Waals surface area contributed by atoms with Crippen molar-refractivity contribution in [3.63, 3.8) is 0 Å². The summed E-state index contributed by atoms with van der Waals surface area (Å²) in [6.07, 6.45) is -0.245. The molecule has 0 spiro atoms. The summed E-state index contributed by atoms with van der Waals surface area (Å²) in [7, 11) is 0. The van der Waals surface area contributed by atoms with Gasteiger partial charge in [-0.3, -0.25) is 4.79 Å². The number of carbonyl (C=O) groups is 1.